The second kappa shape index (κ2) is 6.35. The fraction of sp³-hybridized carbons (Fsp3) is 0.0952. The van der Waals surface area contributed by atoms with Crippen LogP contribution in [-0.2, 0) is 12.8 Å². The van der Waals surface area contributed by atoms with Crippen molar-refractivity contribution in [2.45, 2.75) is 12.8 Å². The van der Waals surface area contributed by atoms with Crippen LogP contribution in [0, 0.1) is 0 Å². The van der Waals surface area contributed by atoms with Gasteiger partial charge in [0.15, 0.2) is 11.5 Å². The van der Waals surface area contributed by atoms with E-state index in [1.807, 2.05) is 16.6 Å². The highest BCUT2D eigenvalue weighted by molar-refractivity contribution is 7.09. The molecule has 0 N–H and O–H groups in total. The van der Waals surface area contributed by atoms with Gasteiger partial charge in [-0.05, 0) is 17.0 Å². The van der Waals surface area contributed by atoms with Crippen molar-refractivity contribution in [3.05, 3.63) is 94.1 Å². The molecule has 5 rings (SSSR count). The molecular weight excluding hydrogens is 340 g/mol. The minimum Gasteiger partial charge on any atom is -0.196 e. The minimum absolute atomic E-state index is 0.745. The number of fused-ring (bicyclic) bond motifs is 3. The van der Waals surface area contributed by atoms with E-state index in [0.717, 1.165) is 40.8 Å². The van der Waals surface area contributed by atoms with Gasteiger partial charge in [0.2, 0.25) is 0 Å². The number of aromatic nitrogens is 4. The molecule has 0 fully saturated rings. The molecule has 0 amide bonds. The Morgan fingerprint density at radius 2 is 1.58 bits per heavy atom. The zero-order chi connectivity index (χ0) is 17.3. The lowest BCUT2D eigenvalue weighted by Gasteiger charge is -2.08. The fourth-order valence-corrected chi connectivity index (χ4v) is 3.99. The summed E-state index contributed by atoms with van der Waals surface area (Å²) in [6, 6.07) is 23.0. The van der Waals surface area contributed by atoms with Gasteiger partial charge in [0.25, 0.3) is 0 Å². The highest BCUT2D eigenvalue weighted by atomic mass is 32.1. The molecule has 3 heterocycles. The van der Waals surface area contributed by atoms with Crippen molar-refractivity contribution in [1.29, 1.82) is 0 Å². The Balaban J connectivity index is 1.69. The third kappa shape index (κ3) is 2.66. The van der Waals surface area contributed by atoms with Gasteiger partial charge in [-0.2, -0.15) is 9.61 Å². The first-order chi connectivity index (χ1) is 12.9. The largest absolute Gasteiger partial charge is 0.196 e. The molecule has 0 unspecified atom stereocenters. The third-order valence-corrected chi connectivity index (χ3v) is 5.41. The lowest BCUT2D eigenvalue weighted by molar-refractivity contribution is 0.819. The quantitative estimate of drug-likeness (QED) is 0.475. The fourth-order valence-electron chi connectivity index (χ4n) is 3.29. The molecule has 0 aliphatic heterocycles. The molecule has 26 heavy (non-hydrogen) atoms. The molecule has 0 spiro atoms. The number of hydrogen-bond acceptors (Lipinski definition) is 4. The second-order valence-corrected chi connectivity index (χ2v) is 7.29. The second-order valence-electron chi connectivity index (χ2n) is 6.26. The molecule has 0 atom stereocenters. The van der Waals surface area contributed by atoms with Crippen LogP contribution in [0.1, 0.15) is 22.0 Å². The van der Waals surface area contributed by atoms with Gasteiger partial charge >= 0.3 is 0 Å². The Labute approximate surface area is 154 Å². The molecule has 3 aromatic heterocycles. The Morgan fingerprint density at radius 1 is 0.769 bits per heavy atom. The van der Waals surface area contributed by atoms with Crippen molar-refractivity contribution in [3.8, 4) is 0 Å². The Kier molecular flexibility index (Phi) is 3.72. The Bertz CT molecular complexity index is 1180. The molecule has 0 saturated heterocycles. The predicted octanol–water partition coefficient (Wildman–Crippen LogP) is 4.52. The van der Waals surface area contributed by atoms with Crippen molar-refractivity contribution in [3.63, 3.8) is 0 Å². The Morgan fingerprint density at radius 3 is 2.38 bits per heavy atom. The normalized spacial score (nSPS) is 11.4. The monoisotopic (exact) mass is 356 g/mol. The van der Waals surface area contributed by atoms with Crippen LogP contribution in [0.5, 0.6) is 0 Å². The maximum atomic E-state index is 4.94. The number of nitrogens with zero attached hydrogens (tertiary/aromatic N) is 4. The summed E-state index contributed by atoms with van der Waals surface area (Å²) < 4.78 is 1.92. The first-order valence-corrected chi connectivity index (χ1v) is 9.45. The molecule has 0 bridgehead atoms. The summed E-state index contributed by atoms with van der Waals surface area (Å²) in [5.41, 5.74) is 3.12. The van der Waals surface area contributed by atoms with Crippen molar-refractivity contribution < 1.29 is 0 Å². The molecule has 0 aliphatic carbocycles. The van der Waals surface area contributed by atoms with Gasteiger partial charge in [-0.1, -0.05) is 60.7 Å². The van der Waals surface area contributed by atoms with Gasteiger partial charge in [-0.15, -0.1) is 21.5 Å². The summed E-state index contributed by atoms with van der Waals surface area (Å²) in [6.45, 7) is 0. The summed E-state index contributed by atoms with van der Waals surface area (Å²) >= 11 is 1.73. The first kappa shape index (κ1) is 15.2. The lowest BCUT2D eigenvalue weighted by Crippen LogP contribution is -2.05. The summed E-state index contributed by atoms with van der Waals surface area (Å²) in [5, 5.41) is 18.1. The molecule has 4 nitrogen and oxygen atoms in total. The van der Waals surface area contributed by atoms with E-state index in [9.17, 15) is 0 Å². The standard InChI is InChI=1S/C21H16N4S/c1-2-7-15(8-3-1)13-19-17-10-4-5-11-18(17)21-23-22-20(25(21)24-19)14-16-9-6-12-26-16/h1-12H,13-14H2. The van der Waals surface area contributed by atoms with Crippen molar-refractivity contribution in [2.24, 2.45) is 0 Å². The van der Waals surface area contributed by atoms with Crippen molar-refractivity contribution in [2.75, 3.05) is 0 Å². The molecule has 126 valence electrons. The predicted molar refractivity (Wildman–Crippen MR) is 105 cm³/mol. The van der Waals surface area contributed by atoms with E-state index in [2.05, 4.69) is 70.2 Å². The van der Waals surface area contributed by atoms with E-state index in [0.29, 0.717) is 0 Å². The summed E-state index contributed by atoms with van der Waals surface area (Å²) in [6.07, 6.45) is 1.53. The summed E-state index contributed by atoms with van der Waals surface area (Å²) in [4.78, 5) is 1.26. The van der Waals surface area contributed by atoms with E-state index in [-0.39, 0.29) is 0 Å². The van der Waals surface area contributed by atoms with Gasteiger partial charge in [0.1, 0.15) is 0 Å². The maximum Gasteiger partial charge on any atom is 0.185 e. The van der Waals surface area contributed by atoms with Crippen LogP contribution in [0.15, 0.2) is 72.1 Å². The van der Waals surface area contributed by atoms with Gasteiger partial charge < -0.3 is 0 Å². The average molecular weight is 356 g/mol. The molecule has 5 aromatic rings. The van der Waals surface area contributed by atoms with Crippen molar-refractivity contribution >= 4 is 27.8 Å². The topological polar surface area (TPSA) is 43.1 Å². The molecular formula is C21H16N4S. The van der Waals surface area contributed by atoms with Crippen LogP contribution in [0.4, 0.5) is 0 Å². The number of thiophene rings is 1. The molecule has 0 radical (unpaired) electrons. The van der Waals surface area contributed by atoms with E-state index in [1.54, 1.807) is 11.3 Å². The van der Waals surface area contributed by atoms with Crippen LogP contribution >= 0.6 is 11.3 Å². The highest BCUT2D eigenvalue weighted by Gasteiger charge is 2.15. The summed E-state index contributed by atoms with van der Waals surface area (Å²) in [7, 11) is 0. The molecule has 2 aromatic carbocycles. The van der Waals surface area contributed by atoms with E-state index < -0.39 is 0 Å². The average Bonchev–Trinajstić information content (AvgIpc) is 3.34. The van der Waals surface area contributed by atoms with Crippen LogP contribution in [0.25, 0.3) is 16.4 Å². The van der Waals surface area contributed by atoms with Gasteiger partial charge in [-0.3, -0.25) is 0 Å². The van der Waals surface area contributed by atoms with Crippen LogP contribution < -0.4 is 0 Å². The van der Waals surface area contributed by atoms with Gasteiger partial charge in [0, 0.05) is 28.5 Å². The van der Waals surface area contributed by atoms with Gasteiger partial charge in [-0.25, -0.2) is 0 Å². The van der Waals surface area contributed by atoms with Crippen LogP contribution in [-0.4, -0.2) is 19.8 Å². The smallest absolute Gasteiger partial charge is 0.185 e. The zero-order valence-corrected chi connectivity index (χ0v) is 14.9. The van der Waals surface area contributed by atoms with Crippen LogP contribution in [0.3, 0.4) is 0 Å². The zero-order valence-electron chi connectivity index (χ0n) is 14.0. The molecule has 5 heteroatoms. The molecule has 0 saturated carbocycles. The number of hydrogen-bond donors (Lipinski definition) is 0. The van der Waals surface area contributed by atoms with E-state index >= 15 is 0 Å². The van der Waals surface area contributed by atoms with Crippen molar-refractivity contribution in [1.82, 2.24) is 19.8 Å². The summed E-state index contributed by atoms with van der Waals surface area (Å²) in [5.74, 6) is 0.877. The highest BCUT2D eigenvalue weighted by Crippen LogP contribution is 2.24. The lowest BCUT2D eigenvalue weighted by atomic mass is 10.0. The van der Waals surface area contributed by atoms with E-state index in [4.69, 9.17) is 5.10 Å². The van der Waals surface area contributed by atoms with Crippen LogP contribution in [0.2, 0.25) is 0 Å². The Hall–Kier alpha value is -3.05. The number of rotatable bonds is 4. The first-order valence-electron chi connectivity index (χ1n) is 8.57. The SMILES string of the molecule is c1ccc(Cc2nn3c(Cc4cccs4)nnc3c3ccccc23)cc1. The maximum absolute atomic E-state index is 4.94. The molecule has 0 aliphatic rings. The van der Waals surface area contributed by atoms with Gasteiger partial charge in [0.05, 0.1) is 5.69 Å². The van der Waals surface area contributed by atoms with E-state index in [1.165, 1.54) is 10.4 Å². The minimum atomic E-state index is 0.745. The number of benzene rings is 2. The third-order valence-electron chi connectivity index (χ3n) is 4.53.